The Morgan fingerprint density at radius 3 is 2.42 bits per heavy atom. The van der Waals surface area contributed by atoms with Crippen LogP contribution in [0.1, 0.15) is 28.4 Å². The molecule has 2 aromatic rings. The minimum absolute atomic E-state index is 0.0894. The Balaban J connectivity index is 1.96. The van der Waals surface area contributed by atoms with Gasteiger partial charge in [-0.3, -0.25) is 4.79 Å². The minimum atomic E-state index is -4.37. The van der Waals surface area contributed by atoms with E-state index >= 15 is 0 Å². The van der Waals surface area contributed by atoms with E-state index in [0.29, 0.717) is 21.7 Å². The number of benzene rings is 2. The predicted octanol–water partition coefficient (Wildman–Crippen LogP) is 6.12. The first-order valence-corrected chi connectivity index (χ1v) is 8.41. The molecular formula is C18H12ClF3OS. The maximum atomic E-state index is 12.7. The molecule has 0 bridgehead atoms. The molecule has 3 rings (SSSR count). The van der Waals surface area contributed by atoms with Crippen LogP contribution < -0.4 is 0 Å². The van der Waals surface area contributed by atoms with Gasteiger partial charge in [0.05, 0.1) is 5.56 Å². The van der Waals surface area contributed by atoms with Gasteiger partial charge in [0.1, 0.15) is 0 Å². The van der Waals surface area contributed by atoms with Gasteiger partial charge in [0.25, 0.3) is 0 Å². The van der Waals surface area contributed by atoms with Crippen LogP contribution in [0.4, 0.5) is 13.2 Å². The van der Waals surface area contributed by atoms with Crippen molar-refractivity contribution < 1.29 is 18.0 Å². The van der Waals surface area contributed by atoms with E-state index in [1.165, 1.54) is 23.9 Å². The number of carbonyl (C=O) groups is 1. The van der Waals surface area contributed by atoms with Gasteiger partial charge in [-0.05, 0) is 48.9 Å². The lowest BCUT2D eigenvalue weighted by atomic mass is 9.97. The zero-order chi connectivity index (χ0) is 17.5. The molecule has 0 fully saturated rings. The molecule has 0 saturated carbocycles. The monoisotopic (exact) mass is 368 g/mol. The zero-order valence-corrected chi connectivity index (χ0v) is 14.1. The van der Waals surface area contributed by atoms with Crippen LogP contribution in [-0.2, 0) is 6.18 Å². The summed E-state index contributed by atoms with van der Waals surface area (Å²) < 4.78 is 37.9. The van der Waals surface area contributed by atoms with Crippen LogP contribution in [0, 0.1) is 0 Å². The Labute approximate surface area is 146 Å². The van der Waals surface area contributed by atoms with Gasteiger partial charge in [-0.15, -0.1) is 11.8 Å². The van der Waals surface area contributed by atoms with Crippen molar-refractivity contribution in [1.82, 2.24) is 0 Å². The topological polar surface area (TPSA) is 17.1 Å². The van der Waals surface area contributed by atoms with Crippen LogP contribution >= 0.6 is 23.4 Å². The van der Waals surface area contributed by atoms with Crippen LogP contribution in [-0.4, -0.2) is 11.0 Å². The molecule has 124 valence electrons. The van der Waals surface area contributed by atoms with Crippen molar-refractivity contribution in [2.75, 3.05) is 0 Å². The maximum Gasteiger partial charge on any atom is 0.416 e. The first-order valence-electron chi connectivity index (χ1n) is 7.15. The summed E-state index contributed by atoms with van der Waals surface area (Å²) in [5.74, 6) is -0.140. The van der Waals surface area contributed by atoms with Gasteiger partial charge in [-0.25, -0.2) is 0 Å². The first-order chi connectivity index (χ1) is 11.3. The average Bonchev–Trinajstić information content (AvgIpc) is 2.52. The van der Waals surface area contributed by atoms with E-state index in [2.05, 4.69) is 0 Å². The number of alkyl halides is 3. The third-order valence-electron chi connectivity index (χ3n) is 3.75. The second kappa shape index (κ2) is 6.30. The molecule has 0 unspecified atom stereocenters. The molecule has 1 nitrogen and oxygen atoms in total. The number of hydrogen-bond acceptors (Lipinski definition) is 2. The molecular weight excluding hydrogens is 357 g/mol. The van der Waals surface area contributed by atoms with Crippen molar-refractivity contribution in [3.63, 3.8) is 0 Å². The number of ketones is 1. The highest BCUT2D eigenvalue weighted by atomic mass is 35.5. The molecule has 0 radical (unpaired) electrons. The number of thioether (sulfide) groups is 1. The van der Waals surface area contributed by atoms with E-state index in [4.69, 9.17) is 11.6 Å². The molecule has 0 saturated heterocycles. The number of carbonyl (C=O) groups excluding carboxylic acids is 1. The molecule has 2 aromatic carbocycles. The van der Waals surface area contributed by atoms with E-state index in [1.807, 2.05) is 13.0 Å². The molecule has 0 N–H and O–H groups in total. The van der Waals surface area contributed by atoms with Crippen LogP contribution in [0.3, 0.4) is 0 Å². The van der Waals surface area contributed by atoms with E-state index in [9.17, 15) is 18.0 Å². The van der Waals surface area contributed by atoms with E-state index < -0.39 is 11.7 Å². The second-order valence-corrected chi connectivity index (χ2v) is 7.27. The summed E-state index contributed by atoms with van der Waals surface area (Å²) >= 11 is 7.49. The summed E-state index contributed by atoms with van der Waals surface area (Å²) in [6.07, 6.45) is -2.73. The zero-order valence-electron chi connectivity index (χ0n) is 12.5. The van der Waals surface area contributed by atoms with Gasteiger partial charge in [0.15, 0.2) is 5.78 Å². The van der Waals surface area contributed by atoms with Gasteiger partial charge in [0.2, 0.25) is 0 Å². The highest BCUT2D eigenvalue weighted by Gasteiger charge is 2.30. The summed E-state index contributed by atoms with van der Waals surface area (Å²) in [4.78, 5) is 13.6. The summed E-state index contributed by atoms with van der Waals surface area (Å²) in [5.41, 5.74) is 0.932. The SMILES string of the molecule is C[C@H]1Sc2ccc(Cl)cc2C(=O)C1=Cc1ccc(C(F)(F)F)cc1. The minimum Gasteiger partial charge on any atom is -0.289 e. The van der Waals surface area contributed by atoms with E-state index in [1.54, 1.807) is 18.2 Å². The lowest BCUT2D eigenvalue weighted by molar-refractivity contribution is -0.137. The third kappa shape index (κ3) is 3.37. The molecule has 1 heterocycles. The largest absolute Gasteiger partial charge is 0.416 e. The van der Waals surface area contributed by atoms with Crippen LogP contribution in [0.25, 0.3) is 6.08 Å². The van der Waals surface area contributed by atoms with Gasteiger partial charge in [0, 0.05) is 26.3 Å². The fourth-order valence-electron chi connectivity index (χ4n) is 2.51. The quantitative estimate of drug-likeness (QED) is 0.564. The smallest absolute Gasteiger partial charge is 0.289 e. The number of hydrogen-bond donors (Lipinski definition) is 0. The van der Waals surface area contributed by atoms with E-state index in [-0.39, 0.29) is 11.0 Å². The highest BCUT2D eigenvalue weighted by Crippen LogP contribution is 2.40. The Kier molecular flexibility index (Phi) is 4.49. The van der Waals surface area contributed by atoms with E-state index in [0.717, 1.165) is 17.0 Å². The van der Waals surface area contributed by atoms with Gasteiger partial charge in [-0.1, -0.05) is 23.7 Å². The van der Waals surface area contributed by atoms with Gasteiger partial charge >= 0.3 is 6.18 Å². The number of rotatable bonds is 1. The fraction of sp³-hybridized carbons (Fsp3) is 0.167. The van der Waals surface area contributed by atoms with Crippen molar-refractivity contribution in [2.45, 2.75) is 23.2 Å². The summed E-state index contributed by atoms with van der Waals surface area (Å²) in [7, 11) is 0. The Morgan fingerprint density at radius 1 is 1.12 bits per heavy atom. The molecule has 0 amide bonds. The maximum absolute atomic E-state index is 12.7. The lowest BCUT2D eigenvalue weighted by Gasteiger charge is -2.23. The molecule has 0 aliphatic carbocycles. The predicted molar refractivity (Wildman–Crippen MR) is 90.5 cm³/mol. The molecule has 1 aliphatic rings. The average molecular weight is 369 g/mol. The highest BCUT2D eigenvalue weighted by molar-refractivity contribution is 8.00. The molecule has 0 aromatic heterocycles. The van der Waals surface area contributed by atoms with Gasteiger partial charge in [-0.2, -0.15) is 13.2 Å². The van der Waals surface area contributed by atoms with Crippen LogP contribution in [0.2, 0.25) is 5.02 Å². The number of Topliss-reactive ketones (excluding diaryl/α,β-unsaturated/α-hetero) is 1. The number of halogens is 4. The van der Waals surface area contributed by atoms with Crippen molar-refractivity contribution in [1.29, 1.82) is 0 Å². The first kappa shape index (κ1) is 17.1. The van der Waals surface area contributed by atoms with Crippen molar-refractivity contribution in [2.24, 2.45) is 0 Å². The third-order valence-corrected chi connectivity index (χ3v) is 5.20. The fourth-order valence-corrected chi connectivity index (χ4v) is 3.79. The summed E-state index contributed by atoms with van der Waals surface area (Å²) in [5, 5.41) is 0.389. The Bertz CT molecular complexity index is 825. The summed E-state index contributed by atoms with van der Waals surface area (Å²) in [6.45, 7) is 1.90. The van der Waals surface area contributed by atoms with Crippen molar-refractivity contribution >= 4 is 35.2 Å². The second-order valence-electron chi connectivity index (χ2n) is 5.45. The standard InChI is InChI=1S/C18H12ClF3OS/c1-10-14(8-11-2-4-12(5-3-11)18(20,21)22)17(23)15-9-13(19)6-7-16(15)24-10/h2-10H,1H3/t10-/m1/s1. The molecule has 1 aliphatic heterocycles. The van der Waals surface area contributed by atoms with Crippen LogP contribution in [0.15, 0.2) is 52.9 Å². The Hall–Kier alpha value is -1.72. The number of fused-ring (bicyclic) bond motifs is 1. The van der Waals surface area contributed by atoms with Gasteiger partial charge < -0.3 is 0 Å². The molecule has 24 heavy (non-hydrogen) atoms. The molecule has 0 spiro atoms. The summed E-state index contributed by atoms with van der Waals surface area (Å²) in [6, 6.07) is 9.94. The normalized spacial score (nSPS) is 19.5. The van der Waals surface area contributed by atoms with Crippen molar-refractivity contribution in [3.05, 3.63) is 69.8 Å². The molecule has 6 heteroatoms. The Morgan fingerprint density at radius 2 is 1.79 bits per heavy atom. The van der Waals surface area contributed by atoms with Crippen molar-refractivity contribution in [3.8, 4) is 0 Å². The molecule has 1 atom stereocenters. The lowest BCUT2D eigenvalue weighted by Crippen LogP contribution is -2.19. The van der Waals surface area contributed by atoms with Crippen LogP contribution in [0.5, 0.6) is 0 Å².